The Balaban J connectivity index is 4.40. The molecule has 0 bridgehead atoms. The van der Waals surface area contributed by atoms with E-state index in [1.54, 1.807) is 25.6 Å². The maximum absolute atomic E-state index is 12.0. The number of carbonyl (C=O) groups excluding carboxylic acids is 3. The maximum Gasteiger partial charge on any atom is 0.243 e. The van der Waals surface area contributed by atoms with Gasteiger partial charge in [-0.2, -0.15) is 11.8 Å². The molecule has 6 nitrogen and oxygen atoms in total. The minimum atomic E-state index is -0.591. The van der Waals surface area contributed by atoms with E-state index in [2.05, 4.69) is 16.0 Å². The summed E-state index contributed by atoms with van der Waals surface area (Å²) in [7, 11) is 0. The predicted molar refractivity (Wildman–Crippen MR) is 81.5 cm³/mol. The van der Waals surface area contributed by atoms with E-state index in [0.29, 0.717) is 13.0 Å². The number of nitrogens with one attached hydrogen (secondary N) is 3. The van der Waals surface area contributed by atoms with Gasteiger partial charge in [0.05, 0.1) is 6.54 Å². The zero-order valence-electron chi connectivity index (χ0n) is 12.6. The molecule has 0 aromatic heterocycles. The standard InChI is InChI=1S/C13H25N3O3S/c1-5-14-11(17)8-15-13(19)10(6-7-20-4)16-12(18)9(2)3/h9-10H,5-8H2,1-4H3,(H,14,17)(H,15,19)(H,16,18). The van der Waals surface area contributed by atoms with E-state index < -0.39 is 6.04 Å². The summed E-state index contributed by atoms with van der Waals surface area (Å²) in [6, 6.07) is -0.591. The predicted octanol–water partition coefficient (Wildman–Crippen LogP) is 0.133. The highest BCUT2D eigenvalue weighted by atomic mass is 32.2. The summed E-state index contributed by atoms with van der Waals surface area (Å²) < 4.78 is 0. The van der Waals surface area contributed by atoms with Crippen molar-refractivity contribution >= 4 is 29.5 Å². The van der Waals surface area contributed by atoms with Crippen LogP contribution in [0.15, 0.2) is 0 Å². The molecule has 0 aromatic rings. The SMILES string of the molecule is CCNC(=O)CNC(=O)C(CCSC)NC(=O)C(C)C. The van der Waals surface area contributed by atoms with E-state index >= 15 is 0 Å². The highest BCUT2D eigenvalue weighted by Gasteiger charge is 2.21. The van der Waals surface area contributed by atoms with Crippen LogP contribution in [0.3, 0.4) is 0 Å². The Hall–Kier alpha value is -1.24. The number of likely N-dealkylation sites (N-methyl/N-ethyl adjacent to an activating group) is 1. The molecule has 20 heavy (non-hydrogen) atoms. The third-order valence-electron chi connectivity index (χ3n) is 2.57. The summed E-state index contributed by atoms with van der Waals surface area (Å²) in [5.74, 6) is -0.136. The van der Waals surface area contributed by atoms with Crippen LogP contribution >= 0.6 is 11.8 Å². The van der Waals surface area contributed by atoms with Gasteiger partial charge in [-0.1, -0.05) is 13.8 Å². The van der Waals surface area contributed by atoms with Crippen LogP contribution < -0.4 is 16.0 Å². The molecule has 0 rings (SSSR count). The molecule has 0 aliphatic rings. The summed E-state index contributed by atoms with van der Waals surface area (Å²) in [4.78, 5) is 35.0. The molecule has 3 amide bonds. The summed E-state index contributed by atoms with van der Waals surface area (Å²) >= 11 is 1.60. The molecule has 0 fully saturated rings. The van der Waals surface area contributed by atoms with E-state index in [1.165, 1.54) is 0 Å². The summed E-state index contributed by atoms with van der Waals surface area (Å²) in [6.07, 6.45) is 2.48. The highest BCUT2D eigenvalue weighted by molar-refractivity contribution is 7.98. The van der Waals surface area contributed by atoms with Crippen molar-refractivity contribution in [2.24, 2.45) is 5.92 Å². The second kappa shape index (κ2) is 10.5. The lowest BCUT2D eigenvalue weighted by molar-refractivity contribution is -0.131. The van der Waals surface area contributed by atoms with Crippen molar-refractivity contribution in [1.82, 2.24) is 16.0 Å². The van der Waals surface area contributed by atoms with Gasteiger partial charge in [0.2, 0.25) is 17.7 Å². The van der Waals surface area contributed by atoms with Gasteiger partial charge in [0.25, 0.3) is 0 Å². The van der Waals surface area contributed by atoms with E-state index in [9.17, 15) is 14.4 Å². The van der Waals surface area contributed by atoms with Crippen LogP contribution in [0.5, 0.6) is 0 Å². The van der Waals surface area contributed by atoms with Crippen LogP contribution in [0.2, 0.25) is 0 Å². The quantitative estimate of drug-likeness (QED) is 0.565. The molecule has 0 heterocycles. The van der Waals surface area contributed by atoms with Gasteiger partial charge in [-0.05, 0) is 25.4 Å². The number of thioether (sulfide) groups is 1. The van der Waals surface area contributed by atoms with Gasteiger partial charge < -0.3 is 16.0 Å². The van der Waals surface area contributed by atoms with Gasteiger partial charge in [-0.3, -0.25) is 14.4 Å². The van der Waals surface area contributed by atoms with E-state index in [1.807, 2.05) is 13.2 Å². The molecule has 0 aliphatic heterocycles. The Labute approximate surface area is 124 Å². The maximum atomic E-state index is 12.0. The Bertz CT molecular complexity index is 335. The van der Waals surface area contributed by atoms with Crippen molar-refractivity contribution in [2.45, 2.75) is 33.2 Å². The molecule has 1 unspecified atom stereocenters. The molecule has 0 aromatic carbocycles. The lowest BCUT2D eigenvalue weighted by Gasteiger charge is -2.19. The van der Waals surface area contributed by atoms with Gasteiger partial charge in [0.1, 0.15) is 6.04 Å². The summed E-state index contributed by atoms with van der Waals surface area (Å²) in [6.45, 7) is 5.81. The van der Waals surface area contributed by atoms with Crippen molar-refractivity contribution in [3.05, 3.63) is 0 Å². The smallest absolute Gasteiger partial charge is 0.243 e. The number of rotatable bonds is 9. The first kappa shape index (κ1) is 18.8. The van der Waals surface area contributed by atoms with Gasteiger partial charge in [-0.15, -0.1) is 0 Å². The van der Waals surface area contributed by atoms with Crippen LogP contribution in [0.4, 0.5) is 0 Å². The monoisotopic (exact) mass is 303 g/mol. The number of hydrogen-bond donors (Lipinski definition) is 3. The zero-order chi connectivity index (χ0) is 15.5. The van der Waals surface area contributed by atoms with E-state index in [4.69, 9.17) is 0 Å². The van der Waals surface area contributed by atoms with Crippen LogP contribution in [-0.2, 0) is 14.4 Å². The van der Waals surface area contributed by atoms with Gasteiger partial charge >= 0.3 is 0 Å². The second-order valence-corrected chi connectivity index (χ2v) is 5.65. The molecular formula is C13H25N3O3S. The molecule has 0 aliphatic carbocycles. The topological polar surface area (TPSA) is 87.3 Å². The number of amides is 3. The Morgan fingerprint density at radius 3 is 2.25 bits per heavy atom. The Morgan fingerprint density at radius 1 is 1.10 bits per heavy atom. The average Bonchev–Trinajstić information content (AvgIpc) is 2.40. The molecule has 7 heteroatoms. The normalized spacial score (nSPS) is 11.8. The van der Waals surface area contributed by atoms with Crippen molar-refractivity contribution in [3.8, 4) is 0 Å². The van der Waals surface area contributed by atoms with Crippen molar-refractivity contribution < 1.29 is 14.4 Å². The third kappa shape index (κ3) is 8.04. The van der Waals surface area contributed by atoms with Gasteiger partial charge in [0, 0.05) is 12.5 Å². The second-order valence-electron chi connectivity index (χ2n) is 4.67. The number of carbonyl (C=O) groups is 3. The Kier molecular flexibility index (Phi) is 9.88. The van der Waals surface area contributed by atoms with E-state index in [-0.39, 0.29) is 30.2 Å². The fourth-order valence-electron chi connectivity index (χ4n) is 1.39. The van der Waals surface area contributed by atoms with Gasteiger partial charge in [0.15, 0.2) is 0 Å². The largest absolute Gasteiger partial charge is 0.355 e. The molecule has 0 saturated carbocycles. The van der Waals surface area contributed by atoms with Crippen molar-refractivity contribution in [2.75, 3.05) is 25.1 Å². The molecule has 116 valence electrons. The van der Waals surface area contributed by atoms with Crippen LogP contribution in [0.1, 0.15) is 27.2 Å². The fourth-order valence-corrected chi connectivity index (χ4v) is 1.86. The van der Waals surface area contributed by atoms with Gasteiger partial charge in [-0.25, -0.2) is 0 Å². The Morgan fingerprint density at radius 2 is 1.75 bits per heavy atom. The van der Waals surface area contributed by atoms with Crippen molar-refractivity contribution in [1.29, 1.82) is 0 Å². The minimum Gasteiger partial charge on any atom is -0.355 e. The first-order chi connectivity index (χ1) is 9.42. The first-order valence-electron chi connectivity index (χ1n) is 6.76. The summed E-state index contributed by atoms with van der Waals surface area (Å²) in [5.41, 5.74) is 0. The lowest BCUT2D eigenvalue weighted by Crippen LogP contribution is -2.50. The number of hydrogen-bond acceptors (Lipinski definition) is 4. The van der Waals surface area contributed by atoms with E-state index in [0.717, 1.165) is 5.75 Å². The molecule has 0 radical (unpaired) electrons. The van der Waals surface area contributed by atoms with Crippen LogP contribution in [0, 0.1) is 5.92 Å². The van der Waals surface area contributed by atoms with Crippen molar-refractivity contribution in [3.63, 3.8) is 0 Å². The molecule has 3 N–H and O–H groups in total. The molecule has 0 saturated heterocycles. The average molecular weight is 303 g/mol. The highest BCUT2D eigenvalue weighted by Crippen LogP contribution is 2.03. The zero-order valence-corrected chi connectivity index (χ0v) is 13.4. The van der Waals surface area contributed by atoms with Crippen LogP contribution in [-0.4, -0.2) is 48.9 Å². The molecule has 0 spiro atoms. The lowest BCUT2D eigenvalue weighted by atomic mass is 10.1. The molecular weight excluding hydrogens is 278 g/mol. The molecule has 1 atom stereocenters. The minimum absolute atomic E-state index is 0.0695. The summed E-state index contributed by atoms with van der Waals surface area (Å²) in [5, 5.41) is 7.85. The fraction of sp³-hybridized carbons (Fsp3) is 0.769. The third-order valence-corrected chi connectivity index (χ3v) is 3.21. The van der Waals surface area contributed by atoms with Crippen LogP contribution in [0.25, 0.3) is 0 Å². The first-order valence-corrected chi connectivity index (χ1v) is 8.15.